The van der Waals surface area contributed by atoms with E-state index in [9.17, 15) is 14.7 Å². The Morgan fingerprint density at radius 2 is 0.426 bits per heavy atom. The van der Waals surface area contributed by atoms with Gasteiger partial charge in [0.1, 0.15) is 6.61 Å². The van der Waals surface area contributed by atoms with Crippen LogP contribution in [0.25, 0.3) is 0 Å². The number of unbranched alkanes of at least 4 members (excludes halogenated alkanes) is 21. The van der Waals surface area contributed by atoms with E-state index in [0.29, 0.717) is 12.8 Å². The average molecular weight is 1290 g/mol. The first kappa shape index (κ1) is 88.0. The second kappa shape index (κ2) is 81.2. The molecule has 0 saturated heterocycles. The molecule has 0 radical (unpaired) electrons. The molecule has 1 N–H and O–H groups in total. The lowest BCUT2D eigenvalue weighted by Crippen LogP contribution is -2.28. The smallest absolute Gasteiger partial charge is 0.306 e. The third kappa shape index (κ3) is 78.4. The van der Waals surface area contributed by atoms with Gasteiger partial charge < -0.3 is 14.6 Å². The SMILES string of the molecule is CC/C=C\C/C=C\C/C=C\C/C=C\C/C=C\C/C=C\C/C=C\C/C=C\C/C=C\C/C=C\CCCCCCCCCCCCC(=O)OC(CO)COC(=O)CCCCCCCCCCCCC/C=C\C/C=C\C/C=C\C/C=C\C/C=C\C/C=C\C/C=C\C/C=C\C/C=C\CC. The number of ether oxygens (including phenoxy) is 2. The van der Waals surface area contributed by atoms with E-state index in [0.717, 1.165) is 161 Å². The molecule has 5 nitrogen and oxygen atoms in total. The Labute approximate surface area is 579 Å². The minimum absolute atomic E-state index is 0.0816. The number of allylic oxidation sites excluding steroid dienone is 38. The standard InChI is InChI=1S/C89H138O5/c1-3-5-7-9-11-13-15-17-19-21-23-25-27-29-31-33-35-37-39-41-43-44-46-48-50-52-54-56-58-60-62-64-66-68-70-72-74-76-78-80-82-84-89(92)94-87(85-90)86-93-88(91)83-81-79-77-75-73-71-69-67-65-63-61-59-57-55-53-51-49-47-45-42-40-38-36-34-32-30-28-26-24-22-20-18-16-14-12-10-8-6-4-2/h5-8,11-14,17-20,23-26,29-32,35-38,41-43,45-46,48-49,51-52,54-55,57-58,60,87,90H,3-4,9-10,15-16,21-22,27-28,33-34,39-40,44,47,50,53,56,59,61-86H2,1-2H3/b7-5-,8-6-,13-11-,14-12-,19-17-,20-18-,25-23-,26-24-,31-29-,32-30-,37-35-,38-36-,43-41-,45-42-,48-46-,51-49-,54-52-,57-55-,60-58-. The molecule has 0 saturated carbocycles. The molecule has 1 unspecified atom stereocenters. The van der Waals surface area contributed by atoms with E-state index >= 15 is 0 Å². The number of aliphatic hydroxyl groups excluding tert-OH is 1. The third-order valence-electron chi connectivity index (χ3n) is 15.5. The van der Waals surface area contributed by atoms with Gasteiger partial charge in [0.05, 0.1) is 6.61 Å². The van der Waals surface area contributed by atoms with Crippen LogP contribution in [0.5, 0.6) is 0 Å². The lowest BCUT2D eigenvalue weighted by molar-refractivity contribution is -0.161. The number of aliphatic hydroxyl groups is 1. The van der Waals surface area contributed by atoms with Crippen LogP contribution < -0.4 is 0 Å². The van der Waals surface area contributed by atoms with Crippen LogP contribution in [0.4, 0.5) is 0 Å². The molecule has 1 atom stereocenters. The Hall–Kier alpha value is -6.04. The summed E-state index contributed by atoms with van der Waals surface area (Å²) in [5, 5.41) is 9.72. The Bertz CT molecular complexity index is 2250. The van der Waals surface area contributed by atoms with E-state index in [-0.39, 0.29) is 25.2 Å². The zero-order valence-corrected chi connectivity index (χ0v) is 60.1. The second-order valence-electron chi connectivity index (χ2n) is 24.3. The lowest BCUT2D eigenvalue weighted by atomic mass is 10.0. The number of carbonyl (C=O) groups excluding carboxylic acids is 2. The highest BCUT2D eigenvalue weighted by atomic mass is 16.6. The quantitative estimate of drug-likeness (QED) is 0.0373. The van der Waals surface area contributed by atoms with Gasteiger partial charge in [-0.3, -0.25) is 9.59 Å². The number of esters is 2. The molecule has 0 aliphatic carbocycles. The summed E-state index contributed by atoms with van der Waals surface area (Å²) in [6, 6.07) is 0. The van der Waals surface area contributed by atoms with Crippen LogP contribution >= 0.6 is 0 Å². The minimum atomic E-state index is -0.794. The molecule has 0 aromatic rings. The summed E-state index contributed by atoms with van der Waals surface area (Å²) in [6.45, 7) is 3.90. The fraction of sp³-hybridized carbons (Fsp3) is 0.551. The first-order chi connectivity index (χ1) is 46.6. The highest BCUT2D eigenvalue weighted by molar-refractivity contribution is 5.70. The fourth-order valence-electron chi connectivity index (χ4n) is 9.87. The third-order valence-corrected chi connectivity index (χ3v) is 15.5. The highest BCUT2D eigenvalue weighted by Crippen LogP contribution is 2.16. The summed E-state index contributed by atoms with van der Waals surface area (Å²) in [4.78, 5) is 24.7. The zero-order chi connectivity index (χ0) is 67.5. The molecule has 0 bridgehead atoms. The summed E-state index contributed by atoms with van der Waals surface area (Å²) < 4.78 is 10.8. The first-order valence-corrected chi connectivity index (χ1v) is 37.9. The van der Waals surface area contributed by atoms with Gasteiger partial charge in [0.25, 0.3) is 0 Å². The molecular formula is C89H138O5. The summed E-state index contributed by atoms with van der Waals surface area (Å²) >= 11 is 0. The number of carbonyl (C=O) groups is 2. The molecule has 5 heteroatoms. The molecule has 0 fully saturated rings. The molecule has 0 aliphatic heterocycles. The maximum absolute atomic E-state index is 12.4. The van der Waals surface area contributed by atoms with Gasteiger partial charge in [-0.05, 0) is 161 Å². The molecule has 0 aromatic heterocycles. The predicted octanol–water partition coefficient (Wildman–Crippen LogP) is 27.2. The minimum Gasteiger partial charge on any atom is -0.462 e. The topological polar surface area (TPSA) is 72.8 Å². The number of hydrogen-bond acceptors (Lipinski definition) is 5. The number of rotatable bonds is 67. The van der Waals surface area contributed by atoms with Crippen LogP contribution in [0.2, 0.25) is 0 Å². The van der Waals surface area contributed by atoms with Gasteiger partial charge in [-0.1, -0.05) is 354 Å². The molecule has 0 aromatic carbocycles. The number of hydrogen-bond donors (Lipinski definition) is 1. The molecule has 0 heterocycles. The molecule has 94 heavy (non-hydrogen) atoms. The average Bonchev–Trinajstić information content (AvgIpc) is 3.77. The summed E-state index contributed by atoms with van der Waals surface area (Å²) in [5.41, 5.74) is 0. The van der Waals surface area contributed by atoms with Crippen LogP contribution in [0, 0.1) is 0 Å². The summed E-state index contributed by atoms with van der Waals surface area (Å²) in [5.74, 6) is -0.609. The molecular weight excluding hydrogens is 1150 g/mol. The highest BCUT2D eigenvalue weighted by Gasteiger charge is 2.16. The van der Waals surface area contributed by atoms with Gasteiger partial charge in [-0.2, -0.15) is 0 Å². The van der Waals surface area contributed by atoms with Gasteiger partial charge in [0.2, 0.25) is 0 Å². The molecule has 0 rings (SSSR count). The van der Waals surface area contributed by atoms with E-state index in [1.54, 1.807) is 0 Å². The van der Waals surface area contributed by atoms with Crippen molar-refractivity contribution in [3.8, 4) is 0 Å². The fourth-order valence-corrected chi connectivity index (χ4v) is 9.87. The van der Waals surface area contributed by atoms with Crippen molar-refractivity contribution in [3.05, 3.63) is 231 Å². The van der Waals surface area contributed by atoms with E-state index in [2.05, 4.69) is 245 Å². The Morgan fingerprint density at radius 1 is 0.245 bits per heavy atom. The summed E-state index contributed by atoms with van der Waals surface area (Å²) in [7, 11) is 0. The monoisotopic (exact) mass is 1290 g/mol. The normalized spacial score (nSPS) is 13.6. The maximum Gasteiger partial charge on any atom is 0.306 e. The largest absolute Gasteiger partial charge is 0.462 e. The van der Waals surface area contributed by atoms with Crippen molar-refractivity contribution in [2.45, 2.75) is 302 Å². The maximum atomic E-state index is 12.4. The van der Waals surface area contributed by atoms with Crippen LogP contribution in [0.1, 0.15) is 296 Å². The van der Waals surface area contributed by atoms with Crippen molar-refractivity contribution in [1.82, 2.24) is 0 Å². The van der Waals surface area contributed by atoms with Crippen molar-refractivity contribution in [2.75, 3.05) is 13.2 Å². The zero-order valence-electron chi connectivity index (χ0n) is 60.1. The van der Waals surface area contributed by atoms with Crippen LogP contribution in [0.3, 0.4) is 0 Å². The first-order valence-electron chi connectivity index (χ1n) is 37.9. The van der Waals surface area contributed by atoms with Crippen molar-refractivity contribution < 1.29 is 24.2 Å². The van der Waals surface area contributed by atoms with Gasteiger partial charge in [0.15, 0.2) is 6.10 Å². The second-order valence-corrected chi connectivity index (χ2v) is 24.3. The molecule has 0 aliphatic rings. The van der Waals surface area contributed by atoms with Gasteiger partial charge in [-0.15, -0.1) is 0 Å². The van der Waals surface area contributed by atoms with Gasteiger partial charge in [-0.25, -0.2) is 0 Å². The lowest BCUT2D eigenvalue weighted by Gasteiger charge is -2.15. The van der Waals surface area contributed by atoms with Crippen molar-refractivity contribution >= 4 is 11.9 Å². The van der Waals surface area contributed by atoms with Crippen LogP contribution in [-0.2, 0) is 19.1 Å². The van der Waals surface area contributed by atoms with E-state index in [4.69, 9.17) is 9.47 Å². The Balaban J connectivity index is 3.59. The van der Waals surface area contributed by atoms with E-state index in [1.165, 1.54) is 109 Å². The van der Waals surface area contributed by atoms with E-state index in [1.807, 2.05) is 0 Å². The van der Waals surface area contributed by atoms with Gasteiger partial charge >= 0.3 is 11.9 Å². The Morgan fingerprint density at radius 3 is 0.638 bits per heavy atom. The van der Waals surface area contributed by atoms with Crippen molar-refractivity contribution in [3.63, 3.8) is 0 Å². The molecule has 524 valence electrons. The predicted molar refractivity (Wildman–Crippen MR) is 416 cm³/mol. The summed E-state index contributed by atoms with van der Waals surface area (Å²) in [6.07, 6.45) is 132. The van der Waals surface area contributed by atoms with E-state index < -0.39 is 6.10 Å². The van der Waals surface area contributed by atoms with Crippen LogP contribution in [-0.4, -0.2) is 36.4 Å². The van der Waals surface area contributed by atoms with Crippen LogP contribution in [0.15, 0.2) is 231 Å². The molecule has 0 spiro atoms. The van der Waals surface area contributed by atoms with Crippen molar-refractivity contribution in [1.29, 1.82) is 0 Å². The van der Waals surface area contributed by atoms with Crippen molar-refractivity contribution in [2.24, 2.45) is 0 Å². The van der Waals surface area contributed by atoms with Gasteiger partial charge in [0, 0.05) is 12.8 Å². The molecule has 0 amide bonds. The Kier molecular flexibility index (Phi) is 76.0.